The number of pyridine rings is 1. The van der Waals surface area contributed by atoms with E-state index in [1.807, 2.05) is 18.2 Å². The van der Waals surface area contributed by atoms with E-state index in [1.165, 1.54) is 11.5 Å². The van der Waals surface area contributed by atoms with E-state index in [-0.39, 0.29) is 0 Å². The highest BCUT2D eigenvalue weighted by Gasteiger charge is 2.25. The van der Waals surface area contributed by atoms with E-state index in [1.54, 1.807) is 0 Å². The highest BCUT2D eigenvalue weighted by Crippen LogP contribution is 2.30. The van der Waals surface area contributed by atoms with Crippen molar-refractivity contribution >= 4 is 22.3 Å². The van der Waals surface area contributed by atoms with E-state index in [0.717, 1.165) is 54.8 Å². The van der Waals surface area contributed by atoms with Crippen molar-refractivity contribution < 1.29 is 0 Å². The van der Waals surface area contributed by atoms with Crippen LogP contribution in [0.15, 0.2) is 24.4 Å². The van der Waals surface area contributed by atoms with E-state index in [0.29, 0.717) is 5.92 Å². The zero-order chi connectivity index (χ0) is 14.9. The summed E-state index contributed by atoms with van der Waals surface area (Å²) >= 11 is 1.51. The maximum absolute atomic E-state index is 4.59. The van der Waals surface area contributed by atoms with Crippen LogP contribution >= 0.6 is 11.5 Å². The van der Waals surface area contributed by atoms with Gasteiger partial charge in [0.2, 0.25) is 5.13 Å². The third-order valence-electron chi connectivity index (χ3n) is 4.24. The normalized spacial score (nSPS) is 16.5. The second-order valence-corrected chi connectivity index (χ2v) is 6.33. The van der Waals surface area contributed by atoms with Gasteiger partial charge in [0.25, 0.3) is 0 Å². The summed E-state index contributed by atoms with van der Waals surface area (Å²) in [6, 6.07) is 6.03. The zero-order valence-corrected chi connectivity index (χ0v) is 13.3. The minimum absolute atomic E-state index is 0.465. The summed E-state index contributed by atoms with van der Waals surface area (Å²) in [4.78, 5) is 6.93. The van der Waals surface area contributed by atoms with Crippen molar-refractivity contribution in [1.29, 1.82) is 0 Å². The number of rotatable bonds is 3. The molecular formula is C15H18N6S. The van der Waals surface area contributed by atoms with E-state index >= 15 is 0 Å². The lowest BCUT2D eigenvalue weighted by Crippen LogP contribution is -2.33. The lowest BCUT2D eigenvalue weighted by molar-refractivity contribution is 0.482. The molecule has 0 bridgehead atoms. The van der Waals surface area contributed by atoms with Crippen LogP contribution in [0.4, 0.5) is 5.13 Å². The van der Waals surface area contributed by atoms with Crippen LogP contribution in [0.1, 0.15) is 37.3 Å². The molecule has 0 radical (unpaired) electrons. The summed E-state index contributed by atoms with van der Waals surface area (Å²) in [7, 11) is 0. The first-order chi connectivity index (χ1) is 10.8. The van der Waals surface area contributed by atoms with Crippen molar-refractivity contribution in [2.24, 2.45) is 0 Å². The summed E-state index contributed by atoms with van der Waals surface area (Å²) in [5.41, 5.74) is 0.927. The van der Waals surface area contributed by atoms with Crippen molar-refractivity contribution in [1.82, 2.24) is 24.0 Å². The fraction of sp³-hybridized carbons (Fsp3) is 0.467. The molecule has 1 saturated heterocycles. The van der Waals surface area contributed by atoms with Gasteiger partial charge in [-0.3, -0.25) is 4.40 Å². The predicted octanol–water partition coefficient (Wildman–Crippen LogP) is 2.53. The summed E-state index contributed by atoms with van der Waals surface area (Å²) in [6.07, 6.45) is 5.11. The number of aromatic nitrogens is 5. The Bertz CT molecular complexity index is 771. The van der Waals surface area contributed by atoms with Crippen LogP contribution in [0.25, 0.3) is 5.65 Å². The molecule has 1 aliphatic heterocycles. The Kier molecular flexibility index (Phi) is 3.49. The van der Waals surface area contributed by atoms with Gasteiger partial charge in [-0.1, -0.05) is 13.0 Å². The van der Waals surface area contributed by atoms with E-state index in [9.17, 15) is 0 Å². The second-order valence-electron chi connectivity index (χ2n) is 5.60. The van der Waals surface area contributed by atoms with Gasteiger partial charge >= 0.3 is 0 Å². The maximum atomic E-state index is 4.59. The Morgan fingerprint density at radius 2 is 2.09 bits per heavy atom. The molecule has 7 heteroatoms. The largest absolute Gasteiger partial charge is 0.347 e. The van der Waals surface area contributed by atoms with Crippen LogP contribution < -0.4 is 4.90 Å². The molecule has 1 aliphatic rings. The molecule has 0 amide bonds. The van der Waals surface area contributed by atoms with Crippen LogP contribution in [0.5, 0.6) is 0 Å². The predicted molar refractivity (Wildman–Crippen MR) is 86.5 cm³/mol. The number of anilines is 1. The Labute approximate surface area is 133 Å². The second kappa shape index (κ2) is 5.64. The maximum Gasteiger partial charge on any atom is 0.205 e. The minimum Gasteiger partial charge on any atom is -0.347 e. The number of hydrogen-bond donors (Lipinski definition) is 0. The fourth-order valence-corrected chi connectivity index (χ4v) is 3.79. The van der Waals surface area contributed by atoms with Crippen LogP contribution in [-0.2, 0) is 6.42 Å². The molecule has 3 aromatic rings. The van der Waals surface area contributed by atoms with Crippen molar-refractivity contribution in [3.63, 3.8) is 0 Å². The molecular weight excluding hydrogens is 296 g/mol. The minimum atomic E-state index is 0.465. The standard InChI is InChI=1S/C15H18N6S/c1-2-12-16-15(22-19-12)20-9-6-11(7-10-20)14-18-17-13-5-3-4-8-21(13)14/h3-5,8,11H,2,6-7,9-10H2,1H3. The van der Waals surface area contributed by atoms with Crippen molar-refractivity contribution in [2.75, 3.05) is 18.0 Å². The first-order valence-corrected chi connectivity index (χ1v) is 8.49. The van der Waals surface area contributed by atoms with E-state index < -0.39 is 0 Å². The Morgan fingerprint density at radius 3 is 2.86 bits per heavy atom. The summed E-state index contributed by atoms with van der Waals surface area (Å²) in [5.74, 6) is 2.50. The molecule has 0 saturated carbocycles. The first-order valence-electron chi connectivity index (χ1n) is 7.72. The van der Waals surface area contributed by atoms with E-state index in [4.69, 9.17) is 0 Å². The lowest BCUT2D eigenvalue weighted by atomic mass is 9.96. The fourth-order valence-electron chi connectivity index (χ4n) is 2.98. The Morgan fingerprint density at radius 1 is 1.23 bits per heavy atom. The number of hydrogen-bond acceptors (Lipinski definition) is 6. The van der Waals surface area contributed by atoms with Crippen LogP contribution in [0.2, 0.25) is 0 Å². The molecule has 3 aromatic heterocycles. The van der Waals surface area contributed by atoms with Gasteiger partial charge < -0.3 is 4.90 Å². The van der Waals surface area contributed by atoms with Crippen molar-refractivity contribution in [3.8, 4) is 0 Å². The molecule has 0 spiro atoms. The molecule has 22 heavy (non-hydrogen) atoms. The molecule has 4 heterocycles. The molecule has 0 atom stereocenters. The average molecular weight is 314 g/mol. The van der Waals surface area contributed by atoms with Crippen LogP contribution in [0, 0.1) is 0 Å². The molecule has 0 aliphatic carbocycles. The molecule has 0 aromatic carbocycles. The molecule has 0 unspecified atom stereocenters. The number of fused-ring (bicyclic) bond motifs is 1. The molecule has 114 valence electrons. The highest BCUT2D eigenvalue weighted by molar-refractivity contribution is 7.09. The summed E-state index contributed by atoms with van der Waals surface area (Å²) in [6.45, 7) is 4.10. The monoisotopic (exact) mass is 314 g/mol. The topological polar surface area (TPSA) is 59.2 Å². The SMILES string of the molecule is CCc1nsc(N2CCC(c3nnc4ccccn34)CC2)n1. The first kappa shape index (κ1) is 13.6. The molecule has 4 rings (SSSR count). The van der Waals surface area contributed by atoms with Gasteiger partial charge in [0.05, 0.1) is 0 Å². The van der Waals surface area contributed by atoms with Crippen molar-refractivity contribution in [2.45, 2.75) is 32.1 Å². The zero-order valence-electron chi connectivity index (χ0n) is 12.5. The molecule has 6 nitrogen and oxygen atoms in total. The molecule has 1 fully saturated rings. The van der Waals surface area contributed by atoms with Gasteiger partial charge in [-0.25, -0.2) is 4.98 Å². The van der Waals surface area contributed by atoms with Crippen LogP contribution in [0.3, 0.4) is 0 Å². The van der Waals surface area contributed by atoms with Gasteiger partial charge in [-0.15, -0.1) is 10.2 Å². The number of aryl methyl sites for hydroxylation is 1. The van der Waals surface area contributed by atoms with Crippen molar-refractivity contribution in [3.05, 3.63) is 36.0 Å². The van der Waals surface area contributed by atoms with Gasteiger partial charge in [0.1, 0.15) is 11.6 Å². The lowest BCUT2D eigenvalue weighted by Gasteiger charge is -2.30. The Hall–Kier alpha value is -2.02. The Balaban J connectivity index is 1.49. The van der Waals surface area contributed by atoms with Gasteiger partial charge in [0, 0.05) is 43.2 Å². The third-order valence-corrected chi connectivity index (χ3v) is 5.06. The van der Waals surface area contributed by atoms with Crippen LogP contribution in [-0.4, -0.2) is 37.0 Å². The smallest absolute Gasteiger partial charge is 0.205 e. The highest BCUT2D eigenvalue weighted by atomic mass is 32.1. The van der Waals surface area contributed by atoms with E-state index in [2.05, 4.69) is 42.0 Å². The van der Waals surface area contributed by atoms with Gasteiger partial charge in [0.15, 0.2) is 5.65 Å². The van der Waals surface area contributed by atoms with Gasteiger partial charge in [-0.05, 0) is 25.0 Å². The molecule has 0 N–H and O–H groups in total. The summed E-state index contributed by atoms with van der Waals surface area (Å²) < 4.78 is 6.49. The quantitative estimate of drug-likeness (QED) is 0.743. The average Bonchev–Trinajstić information content (AvgIpc) is 3.22. The summed E-state index contributed by atoms with van der Waals surface area (Å²) in [5, 5.41) is 9.72. The third kappa shape index (κ3) is 2.35. The van der Waals surface area contributed by atoms with Gasteiger partial charge in [-0.2, -0.15) is 4.37 Å². The number of piperidine rings is 1. The number of nitrogens with zero attached hydrogens (tertiary/aromatic N) is 6.